The number of nitrogens with zero attached hydrogens (tertiary/aromatic N) is 5. The summed E-state index contributed by atoms with van der Waals surface area (Å²) in [5.41, 5.74) is 0.104. The number of nitriles is 1. The molecule has 4 heterocycles. The fourth-order valence-electron chi connectivity index (χ4n) is 4.75. The molecular weight excluding hydrogens is 447 g/mol. The van der Waals surface area contributed by atoms with Gasteiger partial charge in [-0.15, -0.1) is 0 Å². The minimum absolute atomic E-state index is 0.0716. The molecule has 2 unspecified atom stereocenters. The fourth-order valence-corrected chi connectivity index (χ4v) is 4.75. The van der Waals surface area contributed by atoms with Gasteiger partial charge in [-0.1, -0.05) is 6.92 Å². The molecule has 2 N–H and O–H groups in total. The Morgan fingerprint density at radius 3 is 2.68 bits per heavy atom. The molecule has 1 amide bonds. The number of rotatable bonds is 5. The van der Waals surface area contributed by atoms with E-state index in [0.29, 0.717) is 42.0 Å². The van der Waals surface area contributed by atoms with Gasteiger partial charge in [-0.05, 0) is 31.2 Å². The molecule has 2 aliphatic heterocycles. The average Bonchev–Trinajstić information content (AvgIpc) is 3.25. The number of amides is 1. The summed E-state index contributed by atoms with van der Waals surface area (Å²) in [6.45, 7) is 5.33. The molecule has 2 atom stereocenters. The maximum atomic E-state index is 13.3. The topological polar surface area (TPSA) is 107 Å². The van der Waals surface area contributed by atoms with Gasteiger partial charge in [-0.25, -0.2) is 15.0 Å². The van der Waals surface area contributed by atoms with Crippen molar-refractivity contribution >= 4 is 17.7 Å². The third kappa shape index (κ3) is 4.76. The molecule has 1 fully saturated rings. The third-order valence-electron chi connectivity index (χ3n) is 6.67. The SMILES string of the molecule is CCC(Nc1ncc(C#N)c(C2CNc3ncc(C(F)(F)F)cc32)n1)C1CCN(C(C)=O)CC1. The molecule has 0 aromatic carbocycles. The standard InChI is InChI=1S/C23H26F3N7O/c1-3-19(14-4-6-33(7-5-14)13(2)34)31-22-30-10-15(9-27)20(32-22)18-12-29-21-17(18)8-16(11-28-21)23(24,25)26/h8,10-11,14,18-19H,3-7,12H2,1-2H3,(H,28,29)(H,30,31,32). The van der Waals surface area contributed by atoms with Crippen molar-refractivity contribution in [1.82, 2.24) is 19.9 Å². The Kier molecular flexibility index (Phi) is 6.59. The lowest BCUT2D eigenvalue weighted by Crippen LogP contribution is -2.42. The zero-order chi connectivity index (χ0) is 24.5. The fraction of sp³-hybridized carbons (Fsp3) is 0.522. The predicted octanol–water partition coefficient (Wildman–Crippen LogP) is 3.77. The zero-order valence-corrected chi connectivity index (χ0v) is 19.0. The van der Waals surface area contributed by atoms with E-state index in [-0.39, 0.29) is 24.1 Å². The van der Waals surface area contributed by atoms with Crippen molar-refractivity contribution in [1.29, 1.82) is 5.26 Å². The van der Waals surface area contributed by atoms with Crippen LogP contribution in [0.5, 0.6) is 0 Å². The molecule has 2 aliphatic rings. The highest BCUT2D eigenvalue weighted by Gasteiger charge is 2.36. The summed E-state index contributed by atoms with van der Waals surface area (Å²) in [6, 6.07) is 3.20. The lowest BCUT2D eigenvalue weighted by atomic mass is 9.88. The van der Waals surface area contributed by atoms with Crippen molar-refractivity contribution < 1.29 is 18.0 Å². The van der Waals surface area contributed by atoms with E-state index in [9.17, 15) is 23.2 Å². The summed E-state index contributed by atoms with van der Waals surface area (Å²) in [7, 11) is 0. The second-order valence-corrected chi connectivity index (χ2v) is 8.70. The second-order valence-electron chi connectivity index (χ2n) is 8.70. The number of halogens is 3. The highest BCUT2D eigenvalue weighted by atomic mass is 19.4. The average molecular weight is 474 g/mol. The normalized spacial score (nSPS) is 19.2. The van der Waals surface area contributed by atoms with E-state index in [0.717, 1.165) is 31.5 Å². The number of nitrogens with one attached hydrogen (secondary N) is 2. The maximum Gasteiger partial charge on any atom is 0.417 e. The molecule has 1 saturated heterocycles. The first-order chi connectivity index (χ1) is 16.2. The van der Waals surface area contributed by atoms with Crippen LogP contribution in [0, 0.1) is 17.2 Å². The molecule has 0 aliphatic carbocycles. The Bertz CT molecular complexity index is 1110. The van der Waals surface area contributed by atoms with Crippen LogP contribution >= 0.6 is 0 Å². The molecule has 11 heteroatoms. The van der Waals surface area contributed by atoms with Gasteiger partial charge in [-0.2, -0.15) is 18.4 Å². The van der Waals surface area contributed by atoms with Gasteiger partial charge < -0.3 is 15.5 Å². The van der Waals surface area contributed by atoms with E-state index in [1.807, 2.05) is 4.90 Å². The van der Waals surface area contributed by atoms with Gasteiger partial charge in [0, 0.05) is 50.3 Å². The Morgan fingerprint density at radius 1 is 1.32 bits per heavy atom. The van der Waals surface area contributed by atoms with Crippen molar-refractivity contribution in [3.8, 4) is 6.07 Å². The summed E-state index contributed by atoms with van der Waals surface area (Å²) in [4.78, 5) is 26.3. The monoisotopic (exact) mass is 473 g/mol. The largest absolute Gasteiger partial charge is 0.417 e. The van der Waals surface area contributed by atoms with E-state index >= 15 is 0 Å². The van der Waals surface area contributed by atoms with E-state index in [2.05, 4.69) is 38.6 Å². The third-order valence-corrected chi connectivity index (χ3v) is 6.67. The summed E-state index contributed by atoms with van der Waals surface area (Å²) in [6.07, 6.45) is 0.235. The van der Waals surface area contributed by atoms with Crippen LogP contribution in [0.4, 0.5) is 24.9 Å². The number of carbonyl (C=O) groups is 1. The first-order valence-corrected chi connectivity index (χ1v) is 11.3. The minimum atomic E-state index is -4.52. The highest BCUT2D eigenvalue weighted by Crippen LogP contribution is 2.39. The Labute approximate surface area is 195 Å². The number of anilines is 2. The van der Waals surface area contributed by atoms with Gasteiger partial charge in [0.2, 0.25) is 11.9 Å². The van der Waals surface area contributed by atoms with E-state index in [1.54, 1.807) is 6.92 Å². The van der Waals surface area contributed by atoms with Crippen molar-refractivity contribution in [3.05, 3.63) is 40.8 Å². The maximum absolute atomic E-state index is 13.3. The number of hydrogen-bond acceptors (Lipinski definition) is 7. The van der Waals surface area contributed by atoms with Gasteiger partial charge in [-0.3, -0.25) is 4.79 Å². The molecule has 4 rings (SSSR count). The first kappa shape index (κ1) is 23.7. The quantitative estimate of drug-likeness (QED) is 0.681. The lowest BCUT2D eigenvalue weighted by Gasteiger charge is -2.35. The number of hydrogen-bond donors (Lipinski definition) is 2. The number of likely N-dealkylation sites (tertiary alicyclic amines) is 1. The smallest absolute Gasteiger partial charge is 0.369 e. The summed E-state index contributed by atoms with van der Waals surface area (Å²) < 4.78 is 39.8. The first-order valence-electron chi connectivity index (χ1n) is 11.3. The van der Waals surface area contributed by atoms with Crippen LogP contribution in [0.3, 0.4) is 0 Å². The molecule has 180 valence electrons. The van der Waals surface area contributed by atoms with Gasteiger partial charge in [0.15, 0.2) is 0 Å². The van der Waals surface area contributed by atoms with Crippen molar-refractivity contribution in [3.63, 3.8) is 0 Å². The van der Waals surface area contributed by atoms with Gasteiger partial charge >= 0.3 is 6.18 Å². The number of piperidine rings is 1. The zero-order valence-electron chi connectivity index (χ0n) is 19.0. The van der Waals surface area contributed by atoms with Crippen LogP contribution in [0.25, 0.3) is 0 Å². The van der Waals surface area contributed by atoms with Gasteiger partial charge in [0.05, 0.1) is 23.0 Å². The summed E-state index contributed by atoms with van der Waals surface area (Å²) >= 11 is 0. The summed E-state index contributed by atoms with van der Waals surface area (Å²) in [5.74, 6) is 0.549. The lowest BCUT2D eigenvalue weighted by molar-refractivity contribution is -0.137. The number of fused-ring (bicyclic) bond motifs is 1. The van der Waals surface area contributed by atoms with Crippen molar-refractivity contribution in [2.24, 2.45) is 5.92 Å². The minimum Gasteiger partial charge on any atom is -0.369 e. The molecule has 0 saturated carbocycles. The highest BCUT2D eigenvalue weighted by molar-refractivity contribution is 5.73. The second kappa shape index (κ2) is 9.44. The number of alkyl halides is 3. The van der Waals surface area contributed by atoms with Crippen molar-refractivity contribution in [2.45, 2.75) is 51.2 Å². The summed E-state index contributed by atoms with van der Waals surface area (Å²) in [5, 5.41) is 16.0. The van der Waals surface area contributed by atoms with Crippen molar-refractivity contribution in [2.75, 3.05) is 30.3 Å². The molecule has 34 heavy (non-hydrogen) atoms. The number of aromatic nitrogens is 3. The van der Waals surface area contributed by atoms with Gasteiger partial charge in [0.1, 0.15) is 11.9 Å². The van der Waals surface area contributed by atoms with Crippen LogP contribution in [0.2, 0.25) is 0 Å². The molecule has 0 bridgehead atoms. The van der Waals surface area contributed by atoms with Crippen LogP contribution in [-0.4, -0.2) is 51.4 Å². The van der Waals surface area contributed by atoms with Gasteiger partial charge in [0.25, 0.3) is 0 Å². The molecule has 0 spiro atoms. The van der Waals surface area contributed by atoms with Crippen LogP contribution < -0.4 is 10.6 Å². The Hall–Kier alpha value is -3.42. The Balaban J connectivity index is 1.58. The Morgan fingerprint density at radius 2 is 2.06 bits per heavy atom. The molecular formula is C23H26F3N7O. The van der Waals surface area contributed by atoms with Crippen LogP contribution in [0.15, 0.2) is 18.5 Å². The van der Waals surface area contributed by atoms with E-state index < -0.39 is 17.7 Å². The molecule has 0 radical (unpaired) electrons. The molecule has 8 nitrogen and oxygen atoms in total. The van der Waals surface area contributed by atoms with E-state index in [4.69, 9.17) is 0 Å². The molecule has 2 aromatic rings. The number of carbonyl (C=O) groups excluding carboxylic acids is 1. The van der Waals surface area contributed by atoms with E-state index in [1.165, 1.54) is 6.20 Å². The molecule has 2 aromatic heterocycles. The van der Waals surface area contributed by atoms with Crippen LogP contribution in [-0.2, 0) is 11.0 Å². The number of pyridine rings is 1. The van der Waals surface area contributed by atoms with Crippen LogP contribution in [0.1, 0.15) is 61.4 Å². The predicted molar refractivity (Wildman–Crippen MR) is 119 cm³/mol.